The number of nitrogens with zero attached hydrogens (tertiary/aromatic N) is 1. The highest BCUT2D eigenvalue weighted by atomic mass is 32.2. The van der Waals surface area contributed by atoms with Gasteiger partial charge in [-0.3, -0.25) is 4.98 Å². The van der Waals surface area contributed by atoms with Gasteiger partial charge in [-0.2, -0.15) is 0 Å². The van der Waals surface area contributed by atoms with Crippen molar-refractivity contribution in [3.05, 3.63) is 22.5 Å². The number of thioether (sulfide) groups is 1. The monoisotopic (exact) mass is 195 g/mol. The molecule has 1 aromatic rings. The molecule has 0 radical (unpaired) electrons. The molecule has 0 spiro atoms. The van der Waals surface area contributed by atoms with Gasteiger partial charge in [0.1, 0.15) is 0 Å². The molecule has 0 fully saturated rings. The second kappa shape index (κ2) is 4.14. The van der Waals surface area contributed by atoms with Gasteiger partial charge in [0, 0.05) is 16.3 Å². The fourth-order valence-electron chi connectivity index (χ4n) is 1.65. The van der Waals surface area contributed by atoms with Gasteiger partial charge < -0.3 is 0 Å². The third kappa shape index (κ3) is 1.88. The summed E-state index contributed by atoms with van der Waals surface area (Å²) in [4.78, 5) is 5.96. The third-order valence-corrected chi connectivity index (χ3v) is 3.45. The standard InChI is InChI=1S/C11H17NS/c1-6-10-9(4)12-8(3)7(2)11(10)13-5/h6H2,1-5H3. The van der Waals surface area contributed by atoms with Gasteiger partial charge in [-0.15, -0.1) is 11.8 Å². The Labute approximate surface area is 85.0 Å². The van der Waals surface area contributed by atoms with E-state index in [-0.39, 0.29) is 0 Å². The van der Waals surface area contributed by atoms with Crippen LogP contribution in [0.3, 0.4) is 0 Å². The third-order valence-electron chi connectivity index (χ3n) is 2.49. The topological polar surface area (TPSA) is 12.9 Å². The zero-order chi connectivity index (χ0) is 10.0. The van der Waals surface area contributed by atoms with E-state index in [1.54, 1.807) is 0 Å². The lowest BCUT2D eigenvalue weighted by Gasteiger charge is -2.13. The molecule has 0 amide bonds. The first-order chi connectivity index (χ1) is 6.11. The Bertz CT molecular complexity index is 318. The van der Waals surface area contributed by atoms with E-state index in [4.69, 9.17) is 0 Å². The van der Waals surface area contributed by atoms with Crippen LogP contribution in [-0.2, 0) is 6.42 Å². The lowest BCUT2D eigenvalue weighted by atomic mass is 10.1. The minimum atomic E-state index is 1.08. The predicted octanol–water partition coefficient (Wildman–Crippen LogP) is 3.29. The summed E-state index contributed by atoms with van der Waals surface area (Å²) in [6, 6.07) is 0. The Balaban J connectivity index is 3.41. The van der Waals surface area contributed by atoms with Crippen LogP contribution in [0.5, 0.6) is 0 Å². The van der Waals surface area contributed by atoms with Crippen LogP contribution in [-0.4, -0.2) is 11.2 Å². The maximum Gasteiger partial charge on any atom is 0.0419 e. The smallest absolute Gasteiger partial charge is 0.0419 e. The SMILES string of the molecule is CCc1c(C)nc(C)c(C)c1SC. The van der Waals surface area contributed by atoms with Crippen LogP contribution in [0.4, 0.5) is 0 Å². The summed E-state index contributed by atoms with van der Waals surface area (Å²) in [5.41, 5.74) is 5.11. The van der Waals surface area contributed by atoms with Crippen molar-refractivity contribution in [2.45, 2.75) is 39.0 Å². The molecule has 1 nitrogen and oxygen atoms in total. The fourth-order valence-corrected chi connectivity index (χ4v) is 2.64. The first-order valence-corrected chi connectivity index (χ1v) is 5.84. The van der Waals surface area contributed by atoms with Crippen LogP contribution in [0.1, 0.15) is 29.4 Å². The van der Waals surface area contributed by atoms with Crippen molar-refractivity contribution >= 4 is 11.8 Å². The fraction of sp³-hybridized carbons (Fsp3) is 0.545. The van der Waals surface area contributed by atoms with Gasteiger partial charge in [0.2, 0.25) is 0 Å². The lowest BCUT2D eigenvalue weighted by molar-refractivity contribution is 0.946. The molecule has 1 aromatic heterocycles. The number of hydrogen-bond donors (Lipinski definition) is 0. The van der Waals surface area contributed by atoms with Crippen LogP contribution in [0.25, 0.3) is 0 Å². The molecule has 13 heavy (non-hydrogen) atoms. The molecule has 1 heterocycles. The lowest BCUT2D eigenvalue weighted by Crippen LogP contribution is -2.00. The molecule has 0 atom stereocenters. The predicted molar refractivity (Wildman–Crippen MR) is 59.6 cm³/mol. The first kappa shape index (κ1) is 10.6. The van der Waals surface area contributed by atoms with Crippen molar-refractivity contribution in [2.24, 2.45) is 0 Å². The van der Waals surface area contributed by atoms with E-state index < -0.39 is 0 Å². The number of aromatic nitrogens is 1. The number of aryl methyl sites for hydroxylation is 2. The van der Waals surface area contributed by atoms with Crippen LogP contribution >= 0.6 is 11.8 Å². The highest BCUT2D eigenvalue weighted by molar-refractivity contribution is 7.98. The number of pyridine rings is 1. The van der Waals surface area contributed by atoms with Gasteiger partial charge >= 0.3 is 0 Å². The highest BCUT2D eigenvalue weighted by Crippen LogP contribution is 2.28. The summed E-state index contributed by atoms with van der Waals surface area (Å²) < 4.78 is 0. The molecule has 72 valence electrons. The van der Waals surface area contributed by atoms with E-state index in [0.29, 0.717) is 0 Å². The molecule has 0 bridgehead atoms. The van der Waals surface area contributed by atoms with Crippen molar-refractivity contribution in [1.29, 1.82) is 0 Å². The molecule has 0 saturated heterocycles. The maximum atomic E-state index is 4.54. The van der Waals surface area contributed by atoms with Gasteiger partial charge in [-0.1, -0.05) is 6.92 Å². The molecule has 0 aromatic carbocycles. The Morgan fingerprint density at radius 2 is 1.77 bits per heavy atom. The number of rotatable bonds is 2. The Hall–Kier alpha value is -0.500. The van der Waals surface area contributed by atoms with Crippen molar-refractivity contribution in [3.8, 4) is 0 Å². The van der Waals surface area contributed by atoms with Crippen molar-refractivity contribution in [1.82, 2.24) is 4.98 Å². The van der Waals surface area contributed by atoms with Crippen molar-refractivity contribution < 1.29 is 0 Å². The zero-order valence-corrected chi connectivity index (χ0v) is 9.88. The molecule has 0 aliphatic rings. The van der Waals surface area contributed by atoms with Crippen LogP contribution < -0.4 is 0 Å². The second-order valence-corrected chi connectivity index (χ2v) is 4.09. The van der Waals surface area contributed by atoms with Gasteiger partial charge in [0.25, 0.3) is 0 Å². The Morgan fingerprint density at radius 1 is 1.15 bits per heavy atom. The van der Waals surface area contributed by atoms with E-state index in [2.05, 4.69) is 38.9 Å². The van der Waals surface area contributed by atoms with E-state index in [9.17, 15) is 0 Å². The van der Waals surface area contributed by atoms with E-state index in [1.165, 1.54) is 27.4 Å². The molecule has 0 saturated carbocycles. The minimum Gasteiger partial charge on any atom is -0.258 e. The van der Waals surface area contributed by atoms with Crippen molar-refractivity contribution in [3.63, 3.8) is 0 Å². The molecular formula is C11H17NS. The van der Waals surface area contributed by atoms with E-state index >= 15 is 0 Å². The van der Waals surface area contributed by atoms with E-state index in [1.807, 2.05) is 11.8 Å². The molecule has 0 N–H and O–H groups in total. The maximum absolute atomic E-state index is 4.54. The first-order valence-electron chi connectivity index (χ1n) is 4.62. The summed E-state index contributed by atoms with van der Waals surface area (Å²) in [6.07, 6.45) is 3.22. The molecule has 0 aliphatic carbocycles. The molecule has 1 rings (SSSR count). The largest absolute Gasteiger partial charge is 0.258 e. The molecular weight excluding hydrogens is 178 g/mol. The average molecular weight is 195 g/mol. The van der Waals surface area contributed by atoms with Crippen LogP contribution in [0, 0.1) is 20.8 Å². The molecule has 2 heteroatoms. The van der Waals surface area contributed by atoms with Crippen molar-refractivity contribution in [2.75, 3.05) is 6.26 Å². The number of hydrogen-bond acceptors (Lipinski definition) is 2. The highest BCUT2D eigenvalue weighted by Gasteiger charge is 2.09. The molecule has 0 unspecified atom stereocenters. The normalized spacial score (nSPS) is 10.5. The van der Waals surface area contributed by atoms with Gasteiger partial charge in [-0.25, -0.2) is 0 Å². The Kier molecular flexibility index (Phi) is 3.37. The summed E-state index contributed by atoms with van der Waals surface area (Å²) in [7, 11) is 0. The van der Waals surface area contributed by atoms with Gasteiger partial charge in [0.05, 0.1) is 0 Å². The van der Waals surface area contributed by atoms with Crippen LogP contribution in [0.2, 0.25) is 0 Å². The van der Waals surface area contributed by atoms with E-state index in [0.717, 1.165) is 6.42 Å². The summed E-state index contributed by atoms with van der Waals surface area (Å²) in [6.45, 7) is 8.54. The summed E-state index contributed by atoms with van der Waals surface area (Å²) >= 11 is 1.83. The van der Waals surface area contributed by atoms with Gasteiger partial charge in [0.15, 0.2) is 0 Å². The average Bonchev–Trinajstić information content (AvgIpc) is 2.10. The van der Waals surface area contributed by atoms with Crippen LogP contribution in [0.15, 0.2) is 4.90 Å². The summed E-state index contributed by atoms with van der Waals surface area (Å²) in [5, 5.41) is 0. The minimum absolute atomic E-state index is 1.08. The Morgan fingerprint density at radius 3 is 2.23 bits per heavy atom. The summed E-state index contributed by atoms with van der Waals surface area (Å²) in [5.74, 6) is 0. The van der Waals surface area contributed by atoms with Gasteiger partial charge in [-0.05, 0) is 44.6 Å². The second-order valence-electron chi connectivity index (χ2n) is 3.27. The zero-order valence-electron chi connectivity index (χ0n) is 9.06. The molecule has 0 aliphatic heterocycles. The quantitative estimate of drug-likeness (QED) is 0.672.